The van der Waals surface area contributed by atoms with Gasteiger partial charge in [-0.25, -0.2) is 0 Å². The maximum atomic E-state index is 5.31. The smallest absolute Gasteiger partial charge is 0.0135 e. The lowest BCUT2D eigenvalue weighted by Gasteiger charge is -2.02. The maximum Gasteiger partial charge on any atom is 0.0135 e. The van der Waals surface area contributed by atoms with Crippen molar-refractivity contribution in [1.82, 2.24) is 10.6 Å². The number of hydrogen-bond acceptors (Lipinski definition) is 4. The molecule has 15 heavy (non-hydrogen) atoms. The number of hydrogen-bond donors (Lipinski definition) is 4. The molecule has 0 fully saturated rings. The van der Waals surface area contributed by atoms with E-state index in [-0.39, 0.29) is 0 Å². The Balaban J connectivity index is 2.98. The van der Waals surface area contributed by atoms with E-state index in [2.05, 4.69) is 22.8 Å². The first-order valence-electron chi connectivity index (χ1n) is 5.53. The summed E-state index contributed by atoms with van der Waals surface area (Å²) in [4.78, 5) is 0. The molecule has 0 bridgehead atoms. The third-order valence-corrected chi connectivity index (χ3v) is 1.84. The molecule has 0 aliphatic heterocycles. The Hall–Kier alpha value is -0.680. The standard InChI is InChI=1S/C11H24N4/c12-6-1-3-8-14-10-5-11-15-9-4-2-7-13/h1-4,14-15H,5-13H2. The summed E-state index contributed by atoms with van der Waals surface area (Å²) >= 11 is 0. The zero-order chi connectivity index (χ0) is 11.2. The first kappa shape index (κ1) is 14.3. The molecule has 0 aromatic rings. The Kier molecular flexibility index (Phi) is 12.7. The summed E-state index contributed by atoms with van der Waals surface area (Å²) in [5, 5.41) is 6.60. The van der Waals surface area contributed by atoms with Crippen LogP contribution in [0.3, 0.4) is 0 Å². The van der Waals surface area contributed by atoms with Crippen LogP contribution in [-0.2, 0) is 0 Å². The highest BCUT2D eigenvalue weighted by molar-refractivity contribution is 4.85. The molecule has 0 unspecified atom stereocenters. The summed E-state index contributed by atoms with van der Waals surface area (Å²) in [5.41, 5.74) is 10.6. The van der Waals surface area contributed by atoms with E-state index in [9.17, 15) is 0 Å². The molecular formula is C11H24N4. The van der Waals surface area contributed by atoms with E-state index in [1.54, 1.807) is 0 Å². The van der Waals surface area contributed by atoms with Gasteiger partial charge in [0.1, 0.15) is 0 Å². The van der Waals surface area contributed by atoms with Crippen LogP contribution >= 0.6 is 0 Å². The summed E-state index contributed by atoms with van der Waals surface area (Å²) in [7, 11) is 0. The molecular weight excluding hydrogens is 188 g/mol. The highest BCUT2D eigenvalue weighted by Crippen LogP contribution is 1.75. The number of nitrogens with one attached hydrogen (secondary N) is 2. The van der Waals surface area contributed by atoms with Crippen LogP contribution in [0.4, 0.5) is 0 Å². The lowest BCUT2D eigenvalue weighted by Crippen LogP contribution is -2.22. The Morgan fingerprint density at radius 2 is 1.20 bits per heavy atom. The Morgan fingerprint density at radius 3 is 1.60 bits per heavy atom. The summed E-state index contributed by atoms with van der Waals surface area (Å²) in [6, 6.07) is 0. The van der Waals surface area contributed by atoms with Gasteiger partial charge < -0.3 is 22.1 Å². The molecule has 0 atom stereocenters. The molecule has 0 heterocycles. The van der Waals surface area contributed by atoms with E-state index in [0.29, 0.717) is 13.1 Å². The highest BCUT2D eigenvalue weighted by atomic mass is 14.9. The molecule has 4 nitrogen and oxygen atoms in total. The van der Waals surface area contributed by atoms with Gasteiger partial charge in [-0.2, -0.15) is 0 Å². The first-order valence-corrected chi connectivity index (χ1v) is 5.53. The van der Waals surface area contributed by atoms with Crippen molar-refractivity contribution in [2.24, 2.45) is 11.5 Å². The van der Waals surface area contributed by atoms with E-state index in [4.69, 9.17) is 11.5 Å². The SMILES string of the molecule is NCC=CCNCCCNCC=CCN. The van der Waals surface area contributed by atoms with Crippen molar-refractivity contribution in [3.8, 4) is 0 Å². The molecule has 0 aromatic carbocycles. The lowest BCUT2D eigenvalue weighted by molar-refractivity contribution is 0.639. The third-order valence-electron chi connectivity index (χ3n) is 1.84. The van der Waals surface area contributed by atoms with E-state index in [0.717, 1.165) is 32.6 Å². The average molecular weight is 212 g/mol. The molecule has 0 saturated carbocycles. The van der Waals surface area contributed by atoms with Crippen molar-refractivity contribution in [2.45, 2.75) is 6.42 Å². The largest absolute Gasteiger partial charge is 0.327 e. The molecule has 6 N–H and O–H groups in total. The zero-order valence-corrected chi connectivity index (χ0v) is 9.41. The second-order valence-corrected chi connectivity index (χ2v) is 3.18. The van der Waals surface area contributed by atoms with Crippen LogP contribution in [0.15, 0.2) is 24.3 Å². The minimum Gasteiger partial charge on any atom is -0.327 e. The van der Waals surface area contributed by atoms with Crippen LogP contribution in [-0.4, -0.2) is 39.3 Å². The van der Waals surface area contributed by atoms with Crippen molar-refractivity contribution in [2.75, 3.05) is 39.3 Å². The molecule has 88 valence electrons. The van der Waals surface area contributed by atoms with Crippen LogP contribution in [0.2, 0.25) is 0 Å². The normalized spacial score (nSPS) is 11.9. The lowest BCUT2D eigenvalue weighted by atomic mass is 10.4. The number of nitrogens with two attached hydrogens (primary N) is 2. The molecule has 4 heteroatoms. The van der Waals surface area contributed by atoms with Crippen LogP contribution in [0, 0.1) is 0 Å². The topological polar surface area (TPSA) is 76.1 Å². The minimum absolute atomic E-state index is 0.622. The van der Waals surface area contributed by atoms with Crippen molar-refractivity contribution >= 4 is 0 Å². The van der Waals surface area contributed by atoms with Crippen molar-refractivity contribution < 1.29 is 0 Å². The summed E-state index contributed by atoms with van der Waals surface area (Å²) in [6.45, 7) is 5.12. The monoisotopic (exact) mass is 212 g/mol. The van der Waals surface area contributed by atoms with Crippen molar-refractivity contribution in [3.05, 3.63) is 24.3 Å². The maximum absolute atomic E-state index is 5.31. The van der Waals surface area contributed by atoms with Gasteiger partial charge in [0.15, 0.2) is 0 Å². The summed E-state index contributed by atoms with van der Waals surface area (Å²) in [6.07, 6.45) is 9.16. The summed E-state index contributed by atoms with van der Waals surface area (Å²) < 4.78 is 0. The van der Waals surface area contributed by atoms with Gasteiger partial charge in [-0.1, -0.05) is 24.3 Å². The molecule has 0 aliphatic carbocycles. The fourth-order valence-corrected chi connectivity index (χ4v) is 1.07. The minimum atomic E-state index is 0.622. The Morgan fingerprint density at radius 1 is 0.733 bits per heavy atom. The highest BCUT2D eigenvalue weighted by Gasteiger charge is 1.85. The van der Waals surface area contributed by atoms with E-state index < -0.39 is 0 Å². The van der Waals surface area contributed by atoms with Gasteiger partial charge in [-0.15, -0.1) is 0 Å². The second kappa shape index (κ2) is 13.3. The van der Waals surface area contributed by atoms with Gasteiger partial charge in [-0.05, 0) is 19.5 Å². The molecule has 0 aliphatic rings. The van der Waals surface area contributed by atoms with E-state index in [1.165, 1.54) is 0 Å². The molecule has 0 aromatic heterocycles. The van der Waals surface area contributed by atoms with Gasteiger partial charge in [0, 0.05) is 26.2 Å². The zero-order valence-electron chi connectivity index (χ0n) is 9.41. The second-order valence-electron chi connectivity index (χ2n) is 3.18. The fraction of sp³-hybridized carbons (Fsp3) is 0.636. The van der Waals surface area contributed by atoms with Gasteiger partial charge in [0.2, 0.25) is 0 Å². The average Bonchev–Trinajstić information content (AvgIpc) is 2.26. The Labute approximate surface area is 92.8 Å². The van der Waals surface area contributed by atoms with Crippen LogP contribution < -0.4 is 22.1 Å². The van der Waals surface area contributed by atoms with Crippen LogP contribution in [0.1, 0.15) is 6.42 Å². The molecule has 0 rings (SSSR count). The Bertz CT molecular complexity index is 148. The third kappa shape index (κ3) is 13.3. The van der Waals surface area contributed by atoms with E-state index in [1.807, 2.05) is 12.2 Å². The molecule has 0 amide bonds. The molecule has 0 saturated heterocycles. The van der Waals surface area contributed by atoms with Crippen molar-refractivity contribution in [3.63, 3.8) is 0 Å². The quantitative estimate of drug-likeness (QED) is 0.293. The predicted molar refractivity (Wildman–Crippen MR) is 66.7 cm³/mol. The van der Waals surface area contributed by atoms with Gasteiger partial charge in [0.05, 0.1) is 0 Å². The fourth-order valence-electron chi connectivity index (χ4n) is 1.07. The first-order chi connectivity index (χ1) is 7.41. The van der Waals surface area contributed by atoms with Gasteiger partial charge >= 0.3 is 0 Å². The predicted octanol–water partition coefficient (Wildman–Crippen LogP) is -0.414. The van der Waals surface area contributed by atoms with Crippen molar-refractivity contribution in [1.29, 1.82) is 0 Å². The van der Waals surface area contributed by atoms with Gasteiger partial charge in [-0.3, -0.25) is 0 Å². The van der Waals surface area contributed by atoms with E-state index >= 15 is 0 Å². The van der Waals surface area contributed by atoms with Crippen LogP contribution in [0.25, 0.3) is 0 Å². The van der Waals surface area contributed by atoms with Crippen LogP contribution in [0.5, 0.6) is 0 Å². The number of rotatable bonds is 10. The summed E-state index contributed by atoms with van der Waals surface area (Å²) in [5.74, 6) is 0. The van der Waals surface area contributed by atoms with Gasteiger partial charge in [0.25, 0.3) is 0 Å². The molecule has 0 spiro atoms. The molecule has 0 radical (unpaired) electrons.